The maximum absolute atomic E-state index is 12.5. The van der Waals surface area contributed by atoms with Crippen molar-refractivity contribution in [1.82, 2.24) is 0 Å². The summed E-state index contributed by atoms with van der Waals surface area (Å²) in [7, 11) is 0. The Balaban J connectivity index is 2.22. The van der Waals surface area contributed by atoms with Crippen LogP contribution in [0.1, 0.15) is 111 Å². The molecule has 158 valence electrons. The number of ether oxygens (including phenoxy) is 2. The molecule has 1 aliphatic rings. The van der Waals surface area contributed by atoms with Gasteiger partial charge in [0.1, 0.15) is 5.60 Å². The molecular weight excluding hydrogens is 340 g/mol. The molecule has 0 heterocycles. The van der Waals surface area contributed by atoms with E-state index in [-0.39, 0.29) is 23.8 Å². The Morgan fingerprint density at radius 3 is 1.78 bits per heavy atom. The lowest BCUT2D eigenvalue weighted by Gasteiger charge is -2.31. The summed E-state index contributed by atoms with van der Waals surface area (Å²) in [6.45, 7) is 8.32. The van der Waals surface area contributed by atoms with Crippen LogP contribution in [0.3, 0.4) is 0 Å². The molecule has 2 unspecified atom stereocenters. The van der Waals surface area contributed by atoms with E-state index in [2.05, 4.69) is 6.92 Å². The minimum absolute atomic E-state index is 0.204. The third kappa shape index (κ3) is 10.8. The van der Waals surface area contributed by atoms with Crippen LogP contribution in [0.5, 0.6) is 0 Å². The number of carbonyl (C=O) groups excluding carboxylic acids is 2. The number of hydrogen-bond donors (Lipinski definition) is 0. The van der Waals surface area contributed by atoms with Crippen LogP contribution in [0.4, 0.5) is 0 Å². The van der Waals surface area contributed by atoms with Crippen molar-refractivity contribution in [2.24, 2.45) is 11.8 Å². The molecule has 1 fully saturated rings. The van der Waals surface area contributed by atoms with Crippen LogP contribution in [-0.4, -0.2) is 24.1 Å². The molecule has 0 aliphatic heterocycles. The topological polar surface area (TPSA) is 52.6 Å². The highest BCUT2D eigenvalue weighted by Crippen LogP contribution is 2.33. The highest BCUT2D eigenvalue weighted by molar-refractivity contribution is 5.82. The minimum Gasteiger partial charge on any atom is -0.465 e. The lowest BCUT2D eigenvalue weighted by Crippen LogP contribution is -2.38. The van der Waals surface area contributed by atoms with Gasteiger partial charge in [0.2, 0.25) is 0 Å². The Kier molecular flexibility index (Phi) is 11.7. The second-order valence-corrected chi connectivity index (χ2v) is 9.03. The Hall–Kier alpha value is -1.06. The van der Waals surface area contributed by atoms with Crippen molar-refractivity contribution in [3.05, 3.63) is 0 Å². The summed E-state index contributed by atoms with van der Waals surface area (Å²) in [5.41, 5.74) is -0.514. The van der Waals surface area contributed by atoms with E-state index in [1.165, 1.54) is 44.9 Å². The fourth-order valence-corrected chi connectivity index (χ4v) is 3.77. The number of esters is 2. The number of rotatable bonds is 12. The smallest absolute Gasteiger partial charge is 0.310 e. The van der Waals surface area contributed by atoms with Gasteiger partial charge in [-0.15, -0.1) is 0 Å². The molecule has 0 saturated heterocycles. The first-order valence-corrected chi connectivity index (χ1v) is 11.2. The molecule has 0 amide bonds. The van der Waals surface area contributed by atoms with Crippen molar-refractivity contribution >= 4 is 11.9 Å². The van der Waals surface area contributed by atoms with Gasteiger partial charge in [-0.3, -0.25) is 9.59 Å². The summed E-state index contributed by atoms with van der Waals surface area (Å²) < 4.78 is 11.0. The highest BCUT2D eigenvalue weighted by atomic mass is 16.6. The SMILES string of the molecule is CCCCCCCCCCCOC(=O)C1CCCCC1C(=O)OC(C)(C)C. The molecule has 2 atom stereocenters. The molecule has 27 heavy (non-hydrogen) atoms. The van der Waals surface area contributed by atoms with Gasteiger partial charge in [-0.25, -0.2) is 0 Å². The van der Waals surface area contributed by atoms with E-state index in [0.717, 1.165) is 38.5 Å². The minimum atomic E-state index is -0.514. The molecule has 0 spiro atoms. The molecule has 0 aromatic rings. The summed E-state index contributed by atoms with van der Waals surface area (Å²) in [5, 5.41) is 0. The van der Waals surface area contributed by atoms with E-state index in [9.17, 15) is 9.59 Å². The molecule has 0 N–H and O–H groups in total. The van der Waals surface area contributed by atoms with Crippen molar-refractivity contribution in [1.29, 1.82) is 0 Å². The van der Waals surface area contributed by atoms with Crippen LogP contribution < -0.4 is 0 Å². The number of hydrogen-bond acceptors (Lipinski definition) is 4. The van der Waals surface area contributed by atoms with Gasteiger partial charge in [0.05, 0.1) is 18.4 Å². The molecule has 0 aromatic carbocycles. The van der Waals surface area contributed by atoms with E-state index < -0.39 is 5.60 Å². The van der Waals surface area contributed by atoms with Crippen LogP contribution >= 0.6 is 0 Å². The number of carbonyl (C=O) groups is 2. The van der Waals surface area contributed by atoms with Gasteiger partial charge in [-0.1, -0.05) is 71.1 Å². The predicted octanol–water partition coefficient (Wildman–Crippen LogP) is 6.21. The number of unbranched alkanes of at least 4 members (excludes halogenated alkanes) is 8. The highest BCUT2D eigenvalue weighted by Gasteiger charge is 2.39. The van der Waals surface area contributed by atoms with Crippen LogP contribution in [0.25, 0.3) is 0 Å². The molecule has 4 nitrogen and oxygen atoms in total. The van der Waals surface area contributed by atoms with Crippen LogP contribution in [0, 0.1) is 11.8 Å². The summed E-state index contributed by atoms with van der Waals surface area (Å²) in [6, 6.07) is 0. The average Bonchev–Trinajstić information content (AvgIpc) is 2.61. The van der Waals surface area contributed by atoms with Crippen molar-refractivity contribution in [2.45, 2.75) is 117 Å². The standard InChI is InChI=1S/C23H42O4/c1-5-6-7-8-9-10-11-12-15-18-26-21(24)19-16-13-14-17-20(19)22(25)27-23(2,3)4/h19-20H,5-18H2,1-4H3. The zero-order valence-corrected chi connectivity index (χ0v) is 18.2. The first-order chi connectivity index (χ1) is 12.8. The van der Waals surface area contributed by atoms with Crippen molar-refractivity contribution in [3.8, 4) is 0 Å². The second kappa shape index (κ2) is 13.2. The maximum atomic E-state index is 12.5. The third-order valence-electron chi connectivity index (χ3n) is 5.27. The Morgan fingerprint density at radius 2 is 1.26 bits per heavy atom. The van der Waals surface area contributed by atoms with Gasteiger partial charge in [0.15, 0.2) is 0 Å². The average molecular weight is 383 g/mol. The van der Waals surface area contributed by atoms with E-state index >= 15 is 0 Å². The largest absolute Gasteiger partial charge is 0.465 e. The molecule has 0 aromatic heterocycles. The Morgan fingerprint density at radius 1 is 0.778 bits per heavy atom. The lowest BCUT2D eigenvalue weighted by atomic mass is 9.79. The first kappa shape index (κ1) is 24.0. The van der Waals surface area contributed by atoms with E-state index in [1.807, 2.05) is 20.8 Å². The Bertz CT molecular complexity index is 425. The molecule has 0 radical (unpaired) electrons. The first-order valence-electron chi connectivity index (χ1n) is 11.2. The molecule has 1 aliphatic carbocycles. The molecule has 4 heteroatoms. The van der Waals surface area contributed by atoms with E-state index in [4.69, 9.17) is 9.47 Å². The summed E-state index contributed by atoms with van der Waals surface area (Å²) >= 11 is 0. The van der Waals surface area contributed by atoms with Gasteiger partial charge in [-0.2, -0.15) is 0 Å². The molecule has 1 rings (SSSR count). The zero-order chi connectivity index (χ0) is 20.1. The van der Waals surface area contributed by atoms with Gasteiger partial charge in [0.25, 0.3) is 0 Å². The maximum Gasteiger partial charge on any atom is 0.310 e. The zero-order valence-electron chi connectivity index (χ0n) is 18.2. The fourth-order valence-electron chi connectivity index (χ4n) is 3.77. The van der Waals surface area contributed by atoms with Crippen LogP contribution in [-0.2, 0) is 19.1 Å². The monoisotopic (exact) mass is 382 g/mol. The van der Waals surface area contributed by atoms with Crippen LogP contribution in [0.2, 0.25) is 0 Å². The summed E-state index contributed by atoms with van der Waals surface area (Å²) in [5.74, 6) is -1.11. The van der Waals surface area contributed by atoms with Crippen molar-refractivity contribution in [2.75, 3.05) is 6.61 Å². The van der Waals surface area contributed by atoms with Gasteiger partial charge in [0, 0.05) is 0 Å². The van der Waals surface area contributed by atoms with Gasteiger partial charge < -0.3 is 9.47 Å². The fraction of sp³-hybridized carbons (Fsp3) is 0.913. The third-order valence-corrected chi connectivity index (χ3v) is 5.27. The second-order valence-electron chi connectivity index (χ2n) is 9.03. The van der Waals surface area contributed by atoms with E-state index in [0.29, 0.717) is 6.61 Å². The van der Waals surface area contributed by atoms with Crippen LogP contribution in [0.15, 0.2) is 0 Å². The van der Waals surface area contributed by atoms with Gasteiger partial charge >= 0.3 is 11.9 Å². The summed E-state index contributed by atoms with van der Waals surface area (Å²) in [6.07, 6.45) is 14.6. The lowest BCUT2D eigenvalue weighted by molar-refractivity contribution is -0.170. The Labute approximate surface area is 166 Å². The van der Waals surface area contributed by atoms with Crippen molar-refractivity contribution in [3.63, 3.8) is 0 Å². The molecule has 0 bridgehead atoms. The molecule has 1 saturated carbocycles. The van der Waals surface area contributed by atoms with E-state index in [1.54, 1.807) is 0 Å². The summed E-state index contributed by atoms with van der Waals surface area (Å²) in [4.78, 5) is 24.9. The quantitative estimate of drug-likeness (QED) is 0.297. The van der Waals surface area contributed by atoms with Gasteiger partial charge in [-0.05, 0) is 40.0 Å². The van der Waals surface area contributed by atoms with Crippen molar-refractivity contribution < 1.29 is 19.1 Å². The molecular formula is C23H42O4. The predicted molar refractivity (Wildman–Crippen MR) is 109 cm³/mol. The normalized spacial score (nSPS) is 20.3.